The summed E-state index contributed by atoms with van der Waals surface area (Å²) in [5, 5.41) is 0.705. The van der Waals surface area contributed by atoms with Crippen LogP contribution in [-0.2, 0) is 11.2 Å². The predicted octanol–water partition coefficient (Wildman–Crippen LogP) is 2.10. The smallest absolute Gasteiger partial charge is 0.319 e. The summed E-state index contributed by atoms with van der Waals surface area (Å²) in [5.74, 6) is 0.145. The third-order valence-electron chi connectivity index (χ3n) is 3.83. The molecular formula is C16H22ClN3O2. The van der Waals surface area contributed by atoms with E-state index in [1.807, 2.05) is 29.2 Å². The van der Waals surface area contributed by atoms with Crippen molar-refractivity contribution in [1.29, 1.82) is 0 Å². The maximum absolute atomic E-state index is 12.2. The van der Waals surface area contributed by atoms with Crippen LogP contribution in [0.4, 0.5) is 4.79 Å². The first-order chi connectivity index (χ1) is 10.5. The van der Waals surface area contributed by atoms with Crippen LogP contribution < -0.4 is 0 Å². The van der Waals surface area contributed by atoms with Crippen molar-refractivity contribution in [3.63, 3.8) is 0 Å². The lowest BCUT2D eigenvalue weighted by Gasteiger charge is -2.36. The maximum atomic E-state index is 12.2. The molecule has 1 aromatic rings. The molecule has 22 heavy (non-hydrogen) atoms. The van der Waals surface area contributed by atoms with E-state index >= 15 is 0 Å². The van der Waals surface area contributed by atoms with E-state index in [1.54, 1.807) is 23.9 Å². The van der Waals surface area contributed by atoms with Gasteiger partial charge in [0.25, 0.3) is 0 Å². The molecule has 0 unspecified atom stereocenters. The molecule has 1 fully saturated rings. The molecule has 0 spiro atoms. The summed E-state index contributed by atoms with van der Waals surface area (Å²) in [5.41, 5.74) is 1.11. The van der Waals surface area contributed by atoms with Crippen molar-refractivity contribution in [1.82, 2.24) is 14.7 Å². The molecule has 0 aliphatic carbocycles. The van der Waals surface area contributed by atoms with E-state index in [0.29, 0.717) is 44.0 Å². The number of amides is 3. The third kappa shape index (κ3) is 4.37. The summed E-state index contributed by atoms with van der Waals surface area (Å²) in [6.45, 7) is 2.42. The van der Waals surface area contributed by atoms with Gasteiger partial charge in [0.15, 0.2) is 0 Å². The molecule has 0 atom stereocenters. The molecule has 0 radical (unpaired) electrons. The summed E-state index contributed by atoms with van der Waals surface area (Å²) in [4.78, 5) is 29.3. The van der Waals surface area contributed by atoms with Gasteiger partial charge in [-0.15, -0.1) is 0 Å². The largest absolute Gasteiger partial charge is 0.339 e. The van der Waals surface area contributed by atoms with E-state index in [2.05, 4.69) is 0 Å². The van der Waals surface area contributed by atoms with Crippen LogP contribution in [0.5, 0.6) is 0 Å². The van der Waals surface area contributed by atoms with E-state index in [0.717, 1.165) is 5.56 Å². The Hall–Kier alpha value is -1.75. The van der Waals surface area contributed by atoms with Crippen molar-refractivity contribution in [2.75, 3.05) is 40.3 Å². The molecule has 5 nitrogen and oxygen atoms in total. The van der Waals surface area contributed by atoms with E-state index in [9.17, 15) is 9.59 Å². The van der Waals surface area contributed by atoms with Gasteiger partial charge in [0, 0.05) is 51.7 Å². The highest BCUT2D eigenvalue weighted by atomic mass is 35.5. The first-order valence-electron chi connectivity index (χ1n) is 7.46. The van der Waals surface area contributed by atoms with Crippen LogP contribution in [0.15, 0.2) is 24.3 Å². The number of benzene rings is 1. The number of halogens is 1. The lowest BCUT2D eigenvalue weighted by molar-refractivity contribution is -0.132. The number of urea groups is 1. The lowest BCUT2D eigenvalue weighted by atomic mass is 10.1. The van der Waals surface area contributed by atoms with Crippen molar-refractivity contribution in [2.24, 2.45) is 0 Å². The van der Waals surface area contributed by atoms with Gasteiger partial charge < -0.3 is 14.7 Å². The summed E-state index contributed by atoms with van der Waals surface area (Å²) in [7, 11) is 3.48. The average molecular weight is 324 g/mol. The fourth-order valence-corrected chi connectivity index (χ4v) is 2.62. The van der Waals surface area contributed by atoms with Crippen molar-refractivity contribution in [3.05, 3.63) is 34.9 Å². The molecule has 120 valence electrons. The molecule has 1 saturated heterocycles. The zero-order valence-corrected chi connectivity index (χ0v) is 13.8. The number of carbonyl (C=O) groups excluding carboxylic acids is 2. The molecule has 1 aliphatic rings. The first kappa shape index (κ1) is 16.6. The van der Waals surface area contributed by atoms with Crippen LogP contribution in [0.1, 0.15) is 12.0 Å². The highest BCUT2D eigenvalue weighted by molar-refractivity contribution is 6.30. The fourth-order valence-electron chi connectivity index (χ4n) is 2.49. The predicted molar refractivity (Wildman–Crippen MR) is 87.0 cm³/mol. The average Bonchev–Trinajstić information content (AvgIpc) is 2.53. The van der Waals surface area contributed by atoms with E-state index in [-0.39, 0.29) is 11.9 Å². The summed E-state index contributed by atoms with van der Waals surface area (Å²) >= 11 is 5.85. The molecule has 6 heteroatoms. The maximum Gasteiger partial charge on any atom is 0.319 e. The van der Waals surface area contributed by atoms with Crippen LogP contribution in [0.3, 0.4) is 0 Å². The number of hydrogen-bond acceptors (Lipinski definition) is 2. The molecule has 0 bridgehead atoms. The van der Waals surface area contributed by atoms with E-state index in [1.165, 1.54) is 0 Å². The molecular weight excluding hydrogens is 302 g/mol. The Balaban J connectivity index is 1.77. The Labute approximate surface area is 136 Å². The highest BCUT2D eigenvalue weighted by Gasteiger charge is 2.24. The minimum Gasteiger partial charge on any atom is -0.339 e. The van der Waals surface area contributed by atoms with Gasteiger partial charge in [0.2, 0.25) is 5.91 Å². The molecule has 1 aromatic carbocycles. The zero-order chi connectivity index (χ0) is 16.1. The Kier molecular flexibility index (Phi) is 5.66. The number of piperazine rings is 1. The Morgan fingerprint density at radius 2 is 1.59 bits per heavy atom. The first-order valence-corrected chi connectivity index (χ1v) is 7.83. The normalized spacial score (nSPS) is 14.9. The Bertz CT molecular complexity index is 523. The van der Waals surface area contributed by atoms with Gasteiger partial charge in [0.05, 0.1) is 0 Å². The number of carbonyl (C=O) groups is 2. The molecule has 3 amide bonds. The summed E-state index contributed by atoms with van der Waals surface area (Å²) < 4.78 is 0. The van der Waals surface area contributed by atoms with Gasteiger partial charge in [-0.25, -0.2) is 4.79 Å². The quantitative estimate of drug-likeness (QED) is 0.855. The van der Waals surface area contributed by atoms with Crippen molar-refractivity contribution >= 4 is 23.5 Å². The second-order valence-corrected chi connectivity index (χ2v) is 6.11. The van der Waals surface area contributed by atoms with Crippen molar-refractivity contribution < 1.29 is 9.59 Å². The van der Waals surface area contributed by atoms with Crippen LogP contribution in [0.2, 0.25) is 5.02 Å². The van der Waals surface area contributed by atoms with Gasteiger partial charge in [-0.1, -0.05) is 23.7 Å². The van der Waals surface area contributed by atoms with Gasteiger partial charge in [-0.3, -0.25) is 4.79 Å². The molecule has 0 saturated carbocycles. The van der Waals surface area contributed by atoms with Gasteiger partial charge in [0.1, 0.15) is 0 Å². The molecule has 2 rings (SSSR count). The van der Waals surface area contributed by atoms with Crippen molar-refractivity contribution in [2.45, 2.75) is 12.8 Å². The standard InChI is InChI=1S/C16H22ClN3O2/c1-18(2)16(22)20-11-9-19(10-12-20)15(21)8-5-13-3-6-14(17)7-4-13/h3-4,6-7H,5,8-12H2,1-2H3. The minimum absolute atomic E-state index is 0.00765. The Morgan fingerprint density at radius 3 is 2.14 bits per heavy atom. The van der Waals surface area contributed by atoms with Gasteiger partial charge in [-0.2, -0.15) is 0 Å². The Morgan fingerprint density at radius 1 is 1.05 bits per heavy atom. The molecule has 0 N–H and O–H groups in total. The van der Waals surface area contributed by atoms with Crippen LogP contribution in [0, 0.1) is 0 Å². The molecule has 1 aliphatic heterocycles. The molecule has 1 heterocycles. The summed E-state index contributed by atoms with van der Waals surface area (Å²) in [6, 6.07) is 7.58. The van der Waals surface area contributed by atoms with Crippen LogP contribution >= 0.6 is 11.6 Å². The summed E-state index contributed by atoms with van der Waals surface area (Å²) in [6.07, 6.45) is 1.20. The lowest BCUT2D eigenvalue weighted by Crippen LogP contribution is -2.52. The van der Waals surface area contributed by atoms with Gasteiger partial charge >= 0.3 is 6.03 Å². The number of rotatable bonds is 3. The third-order valence-corrected chi connectivity index (χ3v) is 4.08. The number of hydrogen-bond donors (Lipinski definition) is 0. The highest BCUT2D eigenvalue weighted by Crippen LogP contribution is 2.12. The SMILES string of the molecule is CN(C)C(=O)N1CCN(C(=O)CCc2ccc(Cl)cc2)CC1. The number of nitrogens with zero attached hydrogens (tertiary/aromatic N) is 3. The fraction of sp³-hybridized carbons (Fsp3) is 0.500. The topological polar surface area (TPSA) is 43.9 Å². The minimum atomic E-state index is 0.00765. The van der Waals surface area contributed by atoms with Crippen LogP contribution in [-0.4, -0.2) is 66.9 Å². The zero-order valence-electron chi connectivity index (χ0n) is 13.1. The second kappa shape index (κ2) is 7.49. The second-order valence-electron chi connectivity index (χ2n) is 5.67. The number of aryl methyl sites for hydroxylation is 1. The van der Waals surface area contributed by atoms with E-state index in [4.69, 9.17) is 11.6 Å². The van der Waals surface area contributed by atoms with Crippen molar-refractivity contribution in [3.8, 4) is 0 Å². The van der Waals surface area contributed by atoms with Gasteiger partial charge in [-0.05, 0) is 24.1 Å². The van der Waals surface area contributed by atoms with E-state index < -0.39 is 0 Å². The van der Waals surface area contributed by atoms with Crippen LogP contribution in [0.25, 0.3) is 0 Å². The molecule has 0 aromatic heterocycles. The monoisotopic (exact) mass is 323 g/mol.